The number of H-pyrrole nitrogens is 2. The van der Waals surface area contributed by atoms with Crippen molar-refractivity contribution in [2.45, 2.75) is 35.9 Å². The molecule has 0 bridgehead atoms. The number of hydrogen-bond acceptors (Lipinski definition) is 7. The SMILES string of the molecule is CCc1[nH]c2nc(Sc3ccc4[nH]cc(C(=O)OC)c4c3)nc(N3CCC(N)C3)c2c1Cl. The predicted molar refractivity (Wildman–Crippen MR) is 127 cm³/mol. The molecule has 1 aromatic carbocycles. The van der Waals surface area contributed by atoms with Crippen molar-refractivity contribution in [3.05, 3.63) is 40.7 Å². The first-order chi connectivity index (χ1) is 15.5. The molecule has 10 heteroatoms. The summed E-state index contributed by atoms with van der Waals surface area (Å²) in [7, 11) is 1.38. The van der Waals surface area contributed by atoms with Gasteiger partial charge < -0.3 is 25.3 Å². The van der Waals surface area contributed by atoms with Crippen LogP contribution in [0.4, 0.5) is 5.82 Å². The lowest BCUT2D eigenvalue weighted by molar-refractivity contribution is 0.0603. The van der Waals surface area contributed by atoms with Gasteiger partial charge in [-0.15, -0.1) is 0 Å². The van der Waals surface area contributed by atoms with E-state index >= 15 is 0 Å². The number of hydrogen-bond donors (Lipinski definition) is 3. The number of aromatic nitrogens is 4. The average Bonchev–Trinajstić information content (AvgIpc) is 3.49. The highest BCUT2D eigenvalue weighted by Crippen LogP contribution is 2.38. The van der Waals surface area contributed by atoms with Crippen LogP contribution in [0.2, 0.25) is 5.02 Å². The molecule has 1 aliphatic heterocycles. The minimum Gasteiger partial charge on any atom is -0.465 e. The summed E-state index contributed by atoms with van der Waals surface area (Å²) in [6.07, 6.45) is 3.35. The molecule has 1 atom stereocenters. The fourth-order valence-corrected chi connectivity index (χ4v) is 5.26. The van der Waals surface area contributed by atoms with Crippen molar-refractivity contribution in [1.29, 1.82) is 0 Å². The van der Waals surface area contributed by atoms with Crippen LogP contribution in [-0.4, -0.2) is 52.1 Å². The van der Waals surface area contributed by atoms with E-state index in [4.69, 9.17) is 32.0 Å². The molecule has 4 aromatic rings. The van der Waals surface area contributed by atoms with Crippen molar-refractivity contribution in [2.75, 3.05) is 25.1 Å². The number of methoxy groups -OCH3 is 1. The smallest absolute Gasteiger partial charge is 0.340 e. The largest absolute Gasteiger partial charge is 0.465 e. The molecule has 0 amide bonds. The summed E-state index contributed by atoms with van der Waals surface area (Å²) in [6.45, 7) is 3.62. The van der Waals surface area contributed by atoms with Crippen LogP contribution in [0.3, 0.4) is 0 Å². The van der Waals surface area contributed by atoms with Gasteiger partial charge in [0.2, 0.25) is 0 Å². The number of halogens is 1. The average molecular weight is 471 g/mol. The third kappa shape index (κ3) is 3.60. The van der Waals surface area contributed by atoms with Gasteiger partial charge in [-0.1, -0.05) is 18.5 Å². The fourth-order valence-electron chi connectivity index (χ4n) is 4.12. The highest BCUT2D eigenvalue weighted by molar-refractivity contribution is 7.99. The summed E-state index contributed by atoms with van der Waals surface area (Å²) in [5.41, 5.74) is 9.18. The van der Waals surface area contributed by atoms with Crippen molar-refractivity contribution >= 4 is 57.1 Å². The van der Waals surface area contributed by atoms with Gasteiger partial charge in [0.25, 0.3) is 0 Å². The zero-order chi connectivity index (χ0) is 22.4. The maximum Gasteiger partial charge on any atom is 0.340 e. The molecular weight excluding hydrogens is 448 g/mol. The van der Waals surface area contributed by atoms with Crippen LogP contribution in [0.25, 0.3) is 21.9 Å². The van der Waals surface area contributed by atoms with Crippen LogP contribution < -0.4 is 10.6 Å². The molecule has 1 unspecified atom stereocenters. The lowest BCUT2D eigenvalue weighted by Gasteiger charge is -2.18. The molecular formula is C22H23ClN6O2S. The number of ether oxygens (including phenoxy) is 1. The number of aromatic amines is 2. The summed E-state index contributed by atoms with van der Waals surface area (Å²) in [6, 6.07) is 5.97. The van der Waals surface area contributed by atoms with Gasteiger partial charge in [0.15, 0.2) is 5.16 Å². The van der Waals surface area contributed by atoms with E-state index in [0.29, 0.717) is 15.7 Å². The molecule has 0 spiro atoms. The van der Waals surface area contributed by atoms with E-state index in [-0.39, 0.29) is 12.0 Å². The van der Waals surface area contributed by atoms with Crippen LogP contribution in [0.5, 0.6) is 0 Å². The second-order valence-corrected chi connectivity index (χ2v) is 9.24. The summed E-state index contributed by atoms with van der Waals surface area (Å²) in [5.74, 6) is 0.432. The van der Waals surface area contributed by atoms with E-state index in [0.717, 1.165) is 64.3 Å². The van der Waals surface area contributed by atoms with Crippen molar-refractivity contribution in [3.63, 3.8) is 0 Å². The zero-order valence-corrected chi connectivity index (χ0v) is 19.3. The summed E-state index contributed by atoms with van der Waals surface area (Å²) in [4.78, 5) is 31.3. The van der Waals surface area contributed by atoms with Crippen LogP contribution in [0.15, 0.2) is 34.4 Å². The van der Waals surface area contributed by atoms with E-state index in [9.17, 15) is 4.79 Å². The van der Waals surface area contributed by atoms with E-state index in [2.05, 4.69) is 21.8 Å². The molecule has 0 radical (unpaired) electrons. The Morgan fingerprint density at radius 2 is 2.25 bits per heavy atom. The number of nitrogens with one attached hydrogen (secondary N) is 2. The van der Waals surface area contributed by atoms with Gasteiger partial charge in [0.05, 0.1) is 23.1 Å². The monoisotopic (exact) mass is 470 g/mol. The Bertz CT molecular complexity index is 1330. The number of anilines is 1. The number of carbonyl (C=O) groups excluding carboxylic acids is 1. The number of esters is 1. The van der Waals surface area contributed by atoms with Gasteiger partial charge >= 0.3 is 5.97 Å². The van der Waals surface area contributed by atoms with Gasteiger partial charge in [0.1, 0.15) is 11.5 Å². The van der Waals surface area contributed by atoms with Crippen molar-refractivity contribution in [1.82, 2.24) is 19.9 Å². The molecule has 0 saturated carbocycles. The van der Waals surface area contributed by atoms with Crippen LogP contribution in [-0.2, 0) is 11.2 Å². The van der Waals surface area contributed by atoms with E-state index in [1.807, 2.05) is 18.2 Å². The van der Waals surface area contributed by atoms with Crippen LogP contribution >= 0.6 is 23.4 Å². The third-order valence-corrected chi connectivity index (χ3v) is 7.04. The van der Waals surface area contributed by atoms with Crippen molar-refractivity contribution in [2.24, 2.45) is 5.73 Å². The van der Waals surface area contributed by atoms with Gasteiger partial charge in [0, 0.05) is 46.8 Å². The number of rotatable bonds is 5. The Hall–Kier alpha value is -2.75. The maximum absolute atomic E-state index is 12.1. The highest BCUT2D eigenvalue weighted by Gasteiger charge is 2.26. The standard InChI is InChI=1S/C22H23ClN6O2S/c1-3-15-18(23)17-19(26-15)27-22(28-20(17)29-7-6-11(24)10-29)32-12-4-5-16-13(8-12)14(9-25-16)21(30)31-2/h4-5,8-9,11,25H,3,6-7,10,24H2,1-2H3,(H,26,27,28). The minimum atomic E-state index is -0.378. The van der Waals surface area contributed by atoms with Gasteiger partial charge in [-0.25, -0.2) is 14.8 Å². The fraction of sp³-hybridized carbons (Fsp3) is 0.318. The molecule has 1 saturated heterocycles. The molecule has 0 aliphatic carbocycles. The summed E-state index contributed by atoms with van der Waals surface area (Å²) < 4.78 is 4.89. The number of aryl methyl sites for hydroxylation is 1. The number of fused-ring (bicyclic) bond motifs is 2. The Balaban J connectivity index is 1.58. The first-order valence-electron chi connectivity index (χ1n) is 10.4. The van der Waals surface area contributed by atoms with E-state index in [1.54, 1.807) is 6.20 Å². The number of nitrogens with zero attached hydrogens (tertiary/aromatic N) is 3. The molecule has 1 aliphatic rings. The van der Waals surface area contributed by atoms with Gasteiger partial charge in [-0.3, -0.25) is 0 Å². The molecule has 3 aromatic heterocycles. The predicted octanol–water partition coefficient (Wildman–Crippen LogP) is 4.13. The van der Waals surface area contributed by atoms with Gasteiger partial charge in [-0.05, 0) is 42.8 Å². The molecule has 4 heterocycles. The molecule has 166 valence electrons. The molecule has 32 heavy (non-hydrogen) atoms. The van der Waals surface area contributed by atoms with Gasteiger partial charge in [-0.2, -0.15) is 0 Å². The molecule has 5 rings (SSSR count). The Labute approximate surface area is 193 Å². The first kappa shape index (κ1) is 21.1. The first-order valence-corrected chi connectivity index (χ1v) is 11.6. The summed E-state index contributed by atoms with van der Waals surface area (Å²) in [5, 5.41) is 2.91. The number of benzene rings is 1. The van der Waals surface area contributed by atoms with Crippen LogP contribution in [0.1, 0.15) is 29.4 Å². The Kier molecular flexibility index (Phi) is 5.48. The van der Waals surface area contributed by atoms with E-state index < -0.39 is 0 Å². The molecule has 8 nitrogen and oxygen atoms in total. The minimum absolute atomic E-state index is 0.118. The lowest BCUT2D eigenvalue weighted by Crippen LogP contribution is -2.27. The highest BCUT2D eigenvalue weighted by atomic mass is 35.5. The molecule has 1 fully saturated rings. The zero-order valence-electron chi connectivity index (χ0n) is 17.7. The topological polar surface area (TPSA) is 113 Å². The third-order valence-electron chi connectivity index (χ3n) is 5.77. The Morgan fingerprint density at radius 3 is 2.97 bits per heavy atom. The van der Waals surface area contributed by atoms with Crippen molar-refractivity contribution < 1.29 is 9.53 Å². The number of carbonyl (C=O) groups is 1. The maximum atomic E-state index is 12.1. The summed E-state index contributed by atoms with van der Waals surface area (Å²) >= 11 is 8.12. The Morgan fingerprint density at radius 1 is 1.41 bits per heavy atom. The second kappa shape index (κ2) is 8.31. The van der Waals surface area contributed by atoms with Crippen molar-refractivity contribution in [3.8, 4) is 0 Å². The quantitative estimate of drug-likeness (QED) is 0.297. The van der Waals surface area contributed by atoms with E-state index in [1.165, 1.54) is 18.9 Å². The molecule has 4 N–H and O–H groups in total. The second-order valence-electron chi connectivity index (χ2n) is 7.82. The normalized spacial score (nSPS) is 16.4. The number of nitrogens with two attached hydrogens (primary N) is 1. The van der Waals surface area contributed by atoms with Crippen LogP contribution in [0, 0.1) is 0 Å². The lowest BCUT2D eigenvalue weighted by atomic mass is 10.2.